The van der Waals surface area contributed by atoms with Gasteiger partial charge in [-0.15, -0.1) is 0 Å². The van der Waals surface area contributed by atoms with Crippen molar-refractivity contribution in [1.82, 2.24) is 19.9 Å². The summed E-state index contributed by atoms with van der Waals surface area (Å²) in [4.78, 5) is 22.0. The van der Waals surface area contributed by atoms with Gasteiger partial charge >= 0.3 is 11.1 Å². The van der Waals surface area contributed by atoms with Crippen molar-refractivity contribution < 1.29 is 4.52 Å². The molecule has 2 rings (SSSR count). The van der Waals surface area contributed by atoms with Crippen LogP contribution in [0.1, 0.15) is 0 Å². The number of hydrogen-bond donors (Lipinski definition) is 1. The van der Waals surface area contributed by atoms with Gasteiger partial charge in [0, 0.05) is 6.07 Å². The maximum absolute atomic E-state index is 11.2. The van der Waals surface area contributed by atoms with Gasteiger partial charge in [0.2, 0.25) is 5.88 Å². The molecule has 0 radical (unpaired) electrons. The standard InChI is InChI=1S/C6H4N4O3/c11-5-6(12)10(3-7-9-5)4-1-2-8-13-4/h1-3H,(H,9,11). The van der Waals surface area contributed by atoms with E-state index < -0.39 is 11.1 Å². The van der Waals surface area contributed by atoms with Crippen LogP contribution < -0.4 is 11.1 Å². The van der Waals surface area contributed by atoms with Gasteiger partial charge in [0.05, 0.1) is 6.20 Å². The van der Waals surface area contributed by atoms with Crippen molar-refractivity contribution in [2.75, 3.05) is 0 Å². The van der Waals surface area contributed by atoms with Crippen LogP contribution in [-0.4, -0.2) is 19.9 Å². The number of nitrogens with zero attached hydrogens (tertiary/aromatic N) is 3. The minimum Gasteiger partial charge on any atom is -0.338 e. The van der Waals surface area contributed by atoms with Crippen LogP contribution in [0, 0.1) is 0 Å². The van der Waals surface area contributed by atoms with Crippen molar-refractivity contribution in [1.29, 1.82) is 0 Å². The number of aromatic amines is 1. The Morgan fingerprint density at radius 3 is 3.00 bits per heavy atom. The molecule has 7 nitrogen and oxygen atoms in total. The lowest BCUT2D eigenvalue weighted by Gasteiger charge is -1.94. The molecule has 0 aliphatic heterocycles. The Hall–Kier alpha value is -2.18. The van der Waals surface area contributed by atoms with Crippen molar-refractivity contribution in [3.8, 4) is 5.88 Å². The number of aromatic nitrogens is 4. The topological polar surface area (TPSA) is 93.8 Å². The lowest BCUT2D eigenvalue weighted by molar-refractivity contribution is 0.401. The van der Waals surface area contributed by atoms with Gasteiger partial charge in [0.15, 0.2) is 0 Å². The summed E-state index contributed by atoms with van der Waals surface area (Å²) in [6.07, 6.45) is 2.51. The molecule has 0 unspecified atom stereocenters. The van der Waals surface area contributed by atoms with Gasteiger partial charge in [-0.2, -0.15) is 5.10 Å². The minimum absolute atomic E-state index is 0.156. The van der Waals surface area contributed by atoms with E-state index in [1.807, 2.05) is 5.10 Å². The summed E-state index contributed by atoms with van der Waals surface area (Å²) in [5.74, 6) is 0.156. The monoisotopic (exact) mass is 180 g/mol. The van der Waals surface area contributed by atoms with Crippen molar-refractivity contribution in [3.05, 3.63) is 39.3 Å². The highest BCUT2D eigenvalue weighted by atomic mass is 16.5. The Kier molecular flexibility index (Phi) is 1.55. The maximum atomic E-state index is 11.2. The zero-order valence-electron chi connectivity index (χ0n) is 6.30. The molecule has 0 aromatic carbocycles. The number of nitrogens with one attached hydrogen (secondary N) is 1. The first kappa shape index (κ1) is 7.47. The highest BCUT2D eigenvalue weighted by Crippen LogP contribution is 1.98. The van der Waals surface area contributed by atoms with Crippen LogP contribution in [-0.2, 0) is 0 Å². The SMILES string of the molecule is O=c1[nH]ncn(-c2ccno2)c1=O. The first-order chi connectivity index (χ1) is 6.29. The first-order valence-electron chi connectivity index (χ1n) is 3.36. The Balaban J connectivity index is 2.73. The van der Waals surface area contributed by atoms with E-state index in [9.17, 15) is 9.59 Å². The van der Waals surface area contributed by atoms with E-state index >= 15 is 0 Å². The lowest BCUT2D eigenvalue weighted by Crippen LogP contribution is -2.35. The van der Waals surface area contributed by atoms with Gasteiger partial charge in [-0.3, -0.25) is 9.59 Å². The van der Waals surface area contributed by atoms with Crippen LogP contribution in [0.25, 0.3) is 5.88 Å². The highest BCUT2D eigenvalue weighted by molar-refractivity contribution is 5.13. The summed E-state index contributed by atoms with van der Waals surface area (Å²) in [7, 11) is 0. The van der Waals surface area contributed by atoms with Crippen LogP contribution in [0.5, 0.6) is 0 Å². The summed E-state index contributed by atoms with van der Waals surface area (Å²) in [5, 5.41) is 8.83. The number of hydrogen-bond acceptors (Lipinski definition) is 5. The third kappa shape index (κ3) is 1.15. The molecule has 0 bridgehead atoms. The molecule has 0 saturated heterocycles. The van der Waals surface area contributed by atoms with Gasteiger partial charge in [-0.05, 0) is 0 Å². The molecule has 0 amide bonds. The normalized spacial score (nSPS) is 10.2. The second-order valence-electron chi connectivity index (χ2n) is 2.21. The average Bonchev–Trinajstić information content (AvgIpc) is 2.62. The lowest BCUT2D eigenvalue weighted by atomic mass is 10.6. The quantitative estimate of drug-likeness (QED) is 0.562. The van der Waals surface area contributed by atoms with E-state index in [4.69, 9.17) is 0 Å². The average molecular weight is 180 g/mol. The Labute approximate surface area is 70.6 Å². The largest absolute Gasteiger partial charge is 0.338 e. The molecule has 13 heavy (non-hydrogen) atoms. The molecular weight excluding hydrogens is 176 g/mol. The smallest absolute Gasteiger partial charge is 0.330 e. The Morgan fingerprint density at radius 2 is 2.31 bits per heavy atom. The molecule has 0 spiro atoms. The number of rotatable bonds is 1. The fourth-order valence-corrected chi connectivity index (χ4v) is 0.845. The number of H-pyrrole nitrogens is 1. The fourth-order valence-electron chi connectivity index (χ4n) is 0.845. The summed E-state index contributed by atoms with van der Waals surface area (Å²) >= 11 is 0. The molecule has 0 atom stereocenters. The fraction of sp³-hybridized carbons (Fsp3) is 0. The highest BCUT2D eigenvalue weighted by Gasteiger charge is 2.05. The zero-order valence-corrected chi connectivity index (χ0v) is 6.30. The van der Waals surface area contributed by atoms with Crippen molar-refractivity contribution in [2.45, 2.75) is 0 Å². The molecule has 0 aliphatic carbocycles. The van der Waals surface area contributed by atoms with Gasteiger partial charge in [0.1, 0.15) is 6.33 Å². The molecule has 2 aromatic rings. The van der Waals surface area contributed by atoms with E-state index in [-0.39, 0.29) is 5.88 Å². The van der Waals surface area contributed by atoms with E-state index in [1.165, 1.54) is 12.3 Å². The zero-order chi connectivity index (χ0) is 9.26. The summed E-state index contributed by atoms with van der Waals surface area (Å²) < 4.78 is 5.64. The van der Waals surface area contributed by atoms with E-state index in [0.717, 1.165) is 10.9 Å². The molecule has 2 aromatic heterocycles. The van der Waals surface area contributed by atoms with Gasteiger partial charge in [-0.25, -0.2) is 9.67 Å². The predicted molar refractivity (Wildman–Crippen MR) is 40.5 cm³/mol. The van der Waals surface area contributed by atoms with Crippen LogP contribution in [0.4, 0.5) is 0 Å². The Bertz CT molecular complexity index is 509. The van der Waals surface area contributed by atoms with E-state index in [1.54, 1.807) is 0 Å². The minimum atomic E-state index is -0.807. The van der Waals surface area contributed by atoms with Crippen LogP contribution in [0.2, 0.25) is 0 Å². The van der Waals surface area contributed by atoms with E-state index in [0.29, 0.717) is 0 Å². The second kappa shape index (κ2) is 2.70. The third-order valence-corrected chi connectivity index (χ3v) is 1.41. The second-order valence-corrected chi connectivity index (χ2v) is 2.21. The molecule has 2 heterocycles. The Morgan fingerprint density at radius 1 is 1.46 bits per heavy atom. The molecule has 0 aliphatic rings. The molecule has 1 N–H and O–H groups in total. The maximum Gasteiger partial charge on any atom is 0.330 e. The van der Waals surface area contributed by atoms with Crippen LogP contribution in [0.15, 0.2) is 32.7 Å². The molecule has 7 heteroatoms. The van der Waals surface area contributed by atoms with Gasteiger partial charge in [0.25, 0.3) is 0 Å². The van der Waals surface area contributed by atoms with Crippen LogP contribution >= 0.6 is 0 Å². The summed E-state index contributed by atoms with van der Waals surface area (Å²) in [6, 6.07) is 1.45. The van der Waals surface area contributed by atoms with Crippen molar-refractivity contribution in [2.24, 2.45) is 0 Å². The molecule has 0 saturated carbocycles. The van der Waals surface area contributed by atoms with Crippen molar-refractivity contribution in [3.63, 3.8) is 0 Å². The van der Waals surface area contributed by atoms with Gasteiger partial charge < -0.3 is 4.52 Å². The molecular formula is C6H4N4O3. The molecule has 66 valence electrons. The predicted octanol–water partition coefficient (Wildman–Crippen LogP) is -1.09. The van der Waals surface area contributed by atoms with Crippen molar-refractivity contribution >= 4 is 0 Å². The van der Waals surface area contributed by atoms with Crippen LogP contribution in [0.3, 0.4) is 0 Å². The molecule has 0 fully saturated rings. The first-order valence-corrected chi connectivity index (χ1v) is 3.36. The van der Waals surface area contributed by atoms with Gasteiger partial charge in [-0.1, -0.05) is 5.16 Å². The third-order valence-electron chi connectivity index (χ3n) is 1.41. The summed E-state index contributed by atoms with van der Waals surface area (Å²) in [6.45, 7) is 0. The summed E-state index contributed by atoms with van der Waals surface area (Å²) in [5.41, 5.74) is -1.56. The van der Waals surface area contributed by atoms with E-state index in [2.05, 4.69) is 14.8 Å².